The van der Waals surface area contributed by atoms with E-state index in [4.69, 9.17) is 9.47 Å². The zero-order valence-electron chi connectivity index (χ0n) is 15.7. The first-order valence-electron chi connectivity index (χ1n) is 8.58. The van der Waals surface area contributed by atoms with Gasteiger partial charge in [-0.25, -0.2) is 9.59 Å². The van der Waals surface area contributed by atoms with Crippen LogP contribution in [0.25, 0.3) is 6.08 Å². The van der Waals surface area contributed by atoms with Gasteiger partial charge in [-0.2, -0.15) is 0 Å². The van der Waals surface area contributed by atoms with Gasteiger partial charge in [0.25, 0.3) is 0 Å². The Bertz CT molecular complexity index is 579. The van der Waals surface area contributed by atoms with Crippen LogP contribution in [-0.2, 0) is 19.1 Å². The summed E-state index contributed by atoms with van der Waals surface area (Å²) in [5.41, 5.74) is 1.54. The average molecular weight is 359 g/mol. The number of hydrogen-bond donors (Lipinski definition) is 1. The van der Waals surface area contributed by atoms with E-state index in [1.54, 1.807) is 6.92 Å². The zero-order chi connectivity index (χ0) is 19.6. The van der Waals surface area contributed by atoms with Crippen molar-refractivity contribution in [2.45, 2.75) is 26.7 Å². The molecule has 1 aromatic rings. The minimum absolute atomic E-state index is 0.223. The number of esters is 2. The summed E-state index contributed by atoms with van der Waals surface area (Å²) in [6, 6.07) is 10.0. The summed E-state index contributed by atoms with van der Waals surface area (Å²) in [6.07, 6.45) is 6.46. The predicted octanol–water partition coefficient (Wildman–Crippen LogP) is 3.88. The standard InChI is InChI=1S/C13H21NO4.C8H8/c1-4-5-9-17-12(15)6-7-14-8-10-18-13(16)11(2)3;1-2-8-6-4-3-5-7-8/h6-7,14H,2,4-5,8-10H2,1,3H3;2-7H,1H2. The molecule has 0 fully saturated rings. The highest BCUT2D eigenvalue weighted by molar-refractivity contribution is 5.86. The molecule has 0 saturated heterocycles. The largest absolute Gasteiger partial charge is 0.462 e. The van der Waals surface area contributed by atoms with Gasteiger partial charge in [0.05, 0.1) is 6.61 Å². The monoisotopic (exact) mass is 359 g/mol. The molecule has 0 atom stereocenters. The summed E-state index contributed by atoms with van der Waals surface area (Å²) in [4.78, 5) is 22.1. The van der Waals surface area contributed by atoms with E-state index in [9.17, 15) is 9.59 Å². The fraction of sp³-hybridized carbons (Fsp3) is 0.333. The summed E-state index contributed by atoms with van der Waals surface area (Å²) in [5.74, 6) is -0.797. The van der Waals surface area contributed by atoms with E-state index in [1.165, 1.54) is 17.8 Å². The van der Waals surface area contributed by atoms with E-state index >= 15 is 0 Å². The molecule has 142 valence electrons. The third kappa shape index (κ3) is 13.6. The molecule has 1 N–H and O–H groups in total. The van der Waals surface area contributed by atoms with Crippen molar-refractivity contribution in [2.24, 2.45) is 0 Å². The SMILES string of the molecule is C=C(C)C(=O)OCCNC=CC(=O)OCCCC.C=Cc1ccccc1. The van der Waals surface area contributed by atoms with Crippen molar-refractivity contribution < 1.29 is 19.1 Å². The molecule has 0 radical (unpaired) electrons. The van der Waals surface area contributed by atoms with Gasteiger partial charge in [0.15, 0.2) is 0 Å². The van der Waals surface area contributed by atoms with Gasteiger partial charge < -0.3 is 14.8 Å². The molecule has 0 aliphatic carbocycles. The Hall–Kier alpha value is -2.82. The summed E-state index contributed by atoms with van der Waals surface area (Å²) in [6.45, 7) is 11.8. The molecule has 0 aliphatic heterocycles. The Morgan fingerprint density at radius 2 is 1.85 bits per heavy atom. The van der Waals surface area contributed by atoms with E-state index in [-0.39, 0.29) is 12.6 Å². The van der Waals surface area contributed by atoms with Crippen molar-refractivity contribution >= 4 is 18.0 Å². The second-order valence-electron chi connectivity index (χ2n) is 5.34. The molecule has 26 heavy (non-hydrogen) atoms. The Labute approximate surface area is 156 Å². The van der Waals surface area contributed by atoms with E-state index < -0.39 is 5.97 Å². The zero-order valence-corrected chi connectivity index (χ0v) is 15.7. The fourth-order valence-electron chi connectivity index (χ4n) is 1.49. The first kappa shape index (κ1) is 23.2. The average Bonchev–Trinajstić information content (AvgIpc) is 2.65. The van der Waals surface area contributed by atoms with Crippen LogP contribution >= 0.6 is 0 Å². The molecule has 0 spiro atoms. The first-order chi connectivity index (χ1) is 12.5. The van der Waals surface area contributed by atoms with Gasteiger partial charge in [0.2, 0.25) is 0 Å². The molecular formula is C21H29NO4. The van der Waals surface area contributed by atoms with Crippen LogP contribution in [0.3, 0.4) is 0 Å². The smallest absolute Gasteiger partial charge is 0.333 e. The molecule has 0 bridgehead atoms. The Morgan fingerprint density at radius 1 is 1.15 bits per heavy atom. The van der Waals surface area contributed by atoms with Crippen LogP contribution in [-0.4, -0.2) is 31.7 Å². The van der Waals surface area contributed by atoms with Gasteiger partial charge >= 0.3 is 11.9 Å². The van der Waals surface area contributed by atoms with Crippen molar-refractivity contribution in [1.82, 2.24) is 5.32 Å². The highest BCUT2D eigenvalue weighted by Gasteiger charge is 2.01. The molecule has 0 amide bonds. The van der Waals surface area contributed by atoms with E-state index in [0.29, 0.717) is 18.7 Å². The molecule has 0 saturated carbocycles. The number of hydrogen-bond acceptors (Lipinski definition) is 5. The summed E-state index contributed by atoms with van der Waals surface area (Å²) in [5, 5.41) is 2.81. The lowest BCUT2D eigenvalue weighted by molar-refractivity contribution is -0.139. The van der Waals surface area contributed by atoms with Gasteiger partial charge in [-0.3, -0.25) is 0 Å². The Kier molecular flexibility index (Phi) is 14.0. The van der Waals surface area contributed by atoms with Crippen LogP contribution in [0.4, 0.5) is 0 Å². The van der Waals surface area contributed by atoms with E-state index in [0.717, 1.165) is 12.8 Å². The van der Waals surface area contributed by atoms with Gasteiger partial charge in [0, 0.05) is 24.4 Å². The Morgan fingerprint density at radius 3 is 2.38 bits per heavy atom. The quantitative estimate of drug-likeness (QED) is 0.390. The second kappa shape index (κ2) is 15.7. The lowest BCUT2D eigenvalue weighted by Crippen LogP contribution is -2.17. The molecule has 0 aliphatic rings. The van der Waals surface area contributed by atoms with Crippen molar-refractivity contribution in [3.8, 4) is 0 Å². The van der Waals surface area contributed by atoms with Crippen molar-refractivity contribution in [3.63, 3.8) is 0 Å². The molecule has 0 aromatic heterocycles. The van der Waals surface area contributed by atoms with Gasteiger partial charge in [-0.1, -0.05) is 62.9 Å². The van der Waals surface area contributed by atoms with Crippen molar-refractivity contribution in [1.29, 1.82) is 0 Å². The number of carbonyl (C=O) groups is 2. The molecule has 5 heteroatoms. The number of carbonyl (C=O) groups excluding carboxylic acids is 2. The van der Waals surface area contributed by atoms with Crippen LogP contribution in [0.1, 0.15) is 32.3 Å². The van der Waals surface area contributed by atoms with Crippen LogP contribution in [0, 0.1) is 0 Å². The topological polar surface area (TPSA) is 64.6 Å². The molecule has 0 heterocycles. The molecule has 1 rings (SSSR count). The predicted molar refractivity (Wildman–Crippen MR) is 105 cm³/mol. The molecule has 0 unspecified atom stereocenters. The lowest BCUT2D eigenvalue weighted by Gasteiger charge is -2.04. The molecule has 5 nitrogen and oxygen atoms in total. The number of benzene rings is 1. The van der Waals surface area contributed by atoms with Crippen LogP contribution in [0.2, 0.25) is 0 Å². The third-order valence-electron chi connectivity index (χ3n) is 2.94. The summed E-state index contributed by atoms with van der Waals surface area (Å²) < 4.78 is 9.73. The van der Waals surface area contributed by atoms with Gasteiger partial charge in [-0.15, -0.1) is 0 Å². The van der Waals surface area contributed by atoms with Crippen molar-refractivity contribution in [2.75, 3.05) is 19.8 Å². The van der Waals surface area contributed by atoms with Crippen LogP contribution in [0.5, 0.6) is 0 Å². The van der Waals surface area contributed by atoms with Gasteiger partial charge in [-0.05, 0) is 18.9 Å². The molecule has 1 aromatic carbocycles. The number of rotatable bonds is 10. The van der Waals surface area contributed by atoms with E-state index in [1.807, 2.05) is 43.3 Å². The van der Waals surface area contributed by atoms with Crippen molar-refractivity contribution in [3.05, 3.63) is 66.9 Å². The number of ether oxygens (including phenoxy) is 2. The second-order valence-corrected chi connectivity index (χ2v) is 5.34. The fourth-order valence-corrected chi connectivity index (χ4v) is 1.49. The minimum Gasteiger partial charge on any atom is -0.462 e. The highest BCUT2D eigenvalue weighted by atomic mass is 16.5. The number of nitrogens with one attached hydrogen (secondary N) is 1. The maximum Gasteiger partial charge on any atom is 0.333 e. The van der Waals surface area contributed by atoms with Gasteiger partial charge in [0.1, 0.15) is 6.61 Å². The molecular weight excluding hydrogens is 330 g/mol. The number of unbranched alkanes of at least 4 members (excludes halogenated alkanes) is 1. The van der Waals surface area contributed by atoms with Crippen LogP contribution in [0.15, 0.2) is 61.3 Å². The normalized spacial score (nSPS) is 9.62. The lowest BCUT2D eigenvalue weighted by atomic mass is 10.2. The van der Waals surface area contributed by atoms with Crippen LogP contribution < -0.4 is 5.32 Å². The highest BCUT2D eigenvalue weighted by Crippen LogP contribution is 1.97. The summed E-state index contributed by atoms with van der Waals surface area (Å²) >= 11 is 0. The first-order valence-corrected chi connectivity index (χ1v) is 8.58. The third-order valence-corrected chi connectivity index (χ3v) is 2.94. The minimum atomic E-state index is -0.417. The maximum absolute atomic E-state index is 11.1. The Balaban J connectivity index is 0.000000642. The maximum atomic E-state index is 11.1. The summed E-state index contributed by atoms with van der Waals surface area (Å²) in [7, 11) is 0. The van der Waals surface area contributed by atoms with E-state index in [2.05, 4.69) is 18.5 Å².